The van der Waals surface area contributed by atoms with Gasteiger partial charge < -0.3 is 17.6 Å². The average molecular weight is 625 g/mol. The number of hydrogen-bond donors (Lipinski definition) is 1. The molecule has 0 aliphatic rings. The van der Waals surface area contributed by atoms with Gasteiger partial charge in [-0.3, -0.25) is 0 Å². The minimum absolute atomic E-state index is 0.0500. The van der Waals surface area contributed by atoms with Crippen molar-refractivity contribution in [3.05, 3.63) is 59.7 Å². The molecule has 190 valence electrons. The lowest BCUT2D eigenvalue weighted by Crippen LogP contribution is -2.29. The van der Waals surface area contributed by atoms with E-state index >= 15 is 0 Å². The first kappa shape index (κ1) is 29.2. The summed E-state index contributed by atoms with van der Waals surface area (Å²) >= 11 is 7.33. The number of benzene rings is 2. The first-order valence-corrected chi connectivity index (χ1v) is 14.5. The minimum Gasteiger partial charge on any atom is -0.491 e. The van der Waals surface area contributed by atoms with Crippen LogP contribution in [-0.2, 0) is 18.3 Å². The molecule has 0 fully saturated rings. The van der Waals surface area contributed by atoms with Crippen molar-refractivity contribution in [3.8, 4) is 11.5 Å². The van der Waals surface area contributed by atoms with Gasteiger partial charge in [-0.1, -0.05) is 51.5 Å². The zero-order valence-electron chi connectivity index (χ0n) is 19.9. The van der Waals surface area contributed by atoms with Gasteiger partial charge in [0.1, 0.15) is 59.9 Å². The number of unbranched alkanes of at least 4 members (excludes halogenated alkanes) is 1. The molecule has 2 rings (SSSR count). The fraction of sp³-hybridized carbons (Fsp3) is 0.520. The summed E-state index contributed by atoms with van der Waals surface area (Å²) in [5.41, 5.74) is 1.96. The van der Waals surface area contributed by atoms with Gasteiger partial charge in [-0.05, 0) is 41.8 Å². The normalized spacial score (nSPS) is 13.9. The number of ether oxygens (including phenoxy) is 2. The molecular formula is C25H34ClIO6S. The van der Waals surface area contributed by atoms with Crippen LogP contribution in [0.3, 0.4) is 0 Å². The van der Waals surface area contributed by atoms with Crippen LogP contribution < -0.4 is 9.47 Å². The molecule has 6 nitrogen and oxygen atoms in total. The zero-order valence-corrected chi connectivity index (χ0v) is 23.6. The molecule has 0 aliphatic carbocycles. The van der Waals surface area contributed by atoms with Crippen LogP contribution in [0.4, 0.5) is 0 Å². The Morgan fingerprint density at radius 3 is 1.91 bits per heavy atom. The number of alkyl halides is 1. The smallest absolute Gasteiger partial charge is 0.153 e. The van der Waals surface area contributed by atoms with Gasteiger partial charge in [-0.2, -0.15) is 0 Å². The second-order valence-corrected chi connectivity index (χ2v) is 11.8. The molecular weight excluding hydrogens is 591 g/mol. The van der Waals surface area contributed by atoms with Gasteiger partial charge in [0.2, 0.25) is 0 Å². The highest BCUT2D eigenvalue weighted by atomic mass is 127. The average Bonchev–Trinajstić information content (AvgIpc) is 2.84. The molecule has 2 aromatic carbocycles. The second kappa shape index (κ2) is 13.9. The third-order valence-electron chi connectivity index (χ3n) is 5.58. The van der Waals surface area contributed by atoms with Crippen molar-refractivity contribution >= 4 is 44.4 Å². The molecule has 0 spiro atoms. The van der Waals surface area contributed by atoms with Crippen LogP contribution in [0.15, 0.2) is 48.5 Å². The Morgan fingerprint density at radius 1 is 0.971 bits per heavy atom. The van der Waals surface area contributed by atoms with Gasteiger partial charge in [0, 0.05) is 5.41 Å². The molecule has 0 aromatic heterocycles. The molecule has 0 amide bonds. The molecule has 0 unspecified atom stereocenters. The maximum absolute atomic E-state index is 12.2. The van der Waals surface area contributed by atoms with E-state index in [2.05, 4.69) is 13.8 Å². The first-order valence-electron chi connectivity index (χ1n) is 11.3. The van der Waals surface area contributed by atoms with Gasteiger partial charge in [0.15, 0.2) is 9.84 Å². The molecule has 2 aromatic rings. The van der Waals surface area contributed by atoms with Crippen molar-refractivity contribution in [3.63, 3.8) is 0 Å². The Labute approximate surface area is 222 Å². The van der Waals surface area contributed by atoms with E-state index < -0.39 is 22.0 Å². The lowest BCUT2D eigenvalue weighted by atomic mass is 9.78. The molecule has 0 saturated heterocycles. The zero-order chi connectivity index (χ0) is 25.2. The monoisotopic (exact) mass is 624 g/mol. The van der Waals surface area contributed by atoms with E-state index in [0.717, 1.165) is 17.5 Å². The van der Waals surface area contributed by atoms with Crippen LogP contribution in [0.25, 0.3) is 0 Å². The van der Waals surface area contributed by atoms with Gasteiger partial charge in [-0.15, -0.1) is 11.6 Å². The SMILES string of the molecule is CCCCS(=O)(=O)C[C@H](COc1ccc(C(C)(C)c2ccc(OC[C@H](O)CCl)cc2)cc1)OI. The van der Waals surface area contributed by atoms with Crippen molar-refractivity contribution in [2.45, 2.75) is 51.2 Å². The highest BCUT2D eigenvalue weighted by Crippen LogP contribution is 2.33. The van der Waals surface area contributed by atoms with Crippen molar-refractivity contribution in [2.75, 3.05) is 30.6 Å². The molecule has 0 saturated carbocycles. The van der Waals surface area contributed by atoms with Crippen molar-refractivity contribution in [1.29, 1.82) is 0 Å². The highest BCUT2D eigenvalue weighted by molar-refractivity contribution is 14.1. The van der Waals surface area contributed by atoms with E-state index in [0.29, 0.717) is 17.9 Å². The molecule has 0 bridgehead atoms. The lowest BCUT2D eigenvalue weighted by molar-refractivity contribution is 0.125. The largest absolute Gasteiger partial charge is 0.491 e. The number of aliphatic hydroxyl groups excluding tert-OH is 1. The third-order valence-corrected chi connectivity index (χ3v) is 8.45. The molecule has 1 N–H and O–H groups in total. The summed E-state index contributed by atoms with van der Waals surface area (Å²) in [4.78, 5) is 0. The molecule has 2 atom stereocenters. The lowest BCUT2D eigenvalue weighted by Gasteiger charge is -2.26. The number of aliphatic hydroxyl groups is 1. The van der Waals surface area contributed by atoms with Crippen LogP contribution in [0.5, 0.6) is 11.5 Å². The van der Waals surface area contributed by atoms with Crippen molar-refractivity contribution < 1.29 is 26.1 Å². The van der Waals surface area contributed by atoms with Crippen LogP contribution in [-0.4, -0.2) is 56.3 Å². The van der Waals surface area contributed by atoms with E-state index in [9.17, 15) is 13.5 Å². The Morgan fingerprint density at radius 2 is 1.47 bits per heavy atom. The summed E-state index contributed by atoms with van der Waals surface area (Å²) in [5, 5.41) is 9.54. The van der Waals surface area contributed by atoms with E-state index in [1.807, 2.05) is 55.5 Å². The summed E-state index contributed by atoms with van der Waals surface area (Å²) in [6.45, 7) is 6.56. The summed E-state index contributed by atoms with van der Waals surface area (Å²) in [7, 11) is -3.17. The maximum atomic E-state index is 12.2. The van der Waals surface area contributed by atoms with Crippen LogP contribution in [0.2, 0.25) is 0 Å². The highest BCUT2D eigenvalue weighted by Gasteiger charge is 2.24. The molecule has 0 aliphatic heterocycles. The molecule has 34 heavy (non-hydrogen) atoms. The van der Waals surface area contributed by atoms with Crippen LogP contribution in [0.1, 0.15) is 44.7 Å². The predicted molar refractivity (Wildman–Crippen MR) is 145 cm³/mol. The predicted octanol–water partition coefficient (Wildman–Crippen LogP) is 5.32. The Hall–Kier alpha value is -1.07. The van der Waals surface area contributed by atoms with E-state index in [-0.39, 0.29) is 36.0 Å². The van der Waals surface area contributed by atoms with Gasteiger partial charge in [-0.25, -0.2) is 8.42 Å². The topological polar surface area (TPSA) is 82.1 Å². The first-order chi connectivity index (χ1) is 16.1. The second-order valence-electron chi connectivity index (χ2n) is 8.78. The Kier molecular flexibility index (Phi) is 11.9. The molecule has 0 radical (unpaired) electrons. The Bertz CT molecular complexity index is 964. The van der Waals surface area contributed by atoms with Crippen molar-refractivity contribution in [1.82, 2.24) is 0 Å². The summed E-state index contributed by atoms with van der Waals surface area (Å²) in [6, 6.07) is 15.6. The fourth-order valence-corrected chi connectivity index (χ4v) is 5.64. The van der Waals surface area contributed by atoms with Gasteiger partial charge in [0.25, 0.3) is 0 Å². The van der Waals surface area contributed by atoms with E-state index in [1.165, 1.54) is 0 Å². The third kappa shape index (κ3) is 9.18. The number of halogens is 2. The van der Waals surface area contributed by atoms with E-state index in [4.69, 9.17) is 24.1 Å². The number of sulfone groups is 1. The van der Waals surface area contributed by atoms with Crippen molar-refractivity contribution in [2.24, 2.45) is 0 Å². The van der Waals surface area contributed by atoms with Gasteiger partial charge >= 0.3 is 0 Å². The standard InChI is InChI=1S/C25H34ClIO6S/c1-4-5-14-34(29,30)18-24(33-27)17-32-23-12-8-20(9-13-23)25(2,3)19-6-10-22(11-7-19)31-16-21(28)15-26/h6-13,21,24,28H,4-5,14-18H2,1-3H3/t21-,24+/m1/s1. The minimum atomic E-state index is -3.17. The van der Waals surface area contributed by atoms with Gasteiger partial charge in [0.05, 0.1) is 17.4 Å². The summed E-state index contributed by atoms with van der Waals surface area (Å²) in [5.74, 6) is 1.59. The quantitative estimate of drug-likeness (QED) is 0.213. The number of rotatable bonds is 15. The summed E-state index contributed by atoms with van der Waals surface area (Å²) in [6.07, 6.45) is 0.277. The summed E-state index contributed by atoms with van der Waals surface area (Å²) < 4.78 is 41.1. The maximum Gasteiger partial charge on any atom is 0.153 e. The van der Waals surface area contributed by atoms with Crippen LogP contribution in [0, 0.1) is 0 Å². The fourth-order valence-electron chi connectivity index (χ4n) is 3.36. The Balaban J connectivity index is 1.98. The number of hydrogen-bond acceptors (Lipinski definition) is 6. The van der Waals surface area contributed by atoms with E-state index in [1.54, 1.807) is 23.0 Å². The molecule has 9 heteroatoms. The van der Waals surface area contributed by atoms with Crippen LogP contribution >= 0.6 is 34.6 Å². The molecule has 0 heterocycles.